The quantitative estimate of drug-likeness (QED) is 0.778. The lowest BCUT2D eigenvalue weighted by Crippen LogP contribution is -2.33. The van der Waals surface area contributed by atoms with Crippen LogP contribution in [0.3, 0.4) is 0 Å². The van der Waals surface area contributed by atoms with Crippen LogP contribution < -0.4 is 5.73 Å². The lowest BCUT2D eigenvalue weighted by Gasteiger charge is -2.24. The molecule has 0 atom stereocenters. The van der Waals surface area contributed by atoms with Crippen molar-refractivity contribution in [2.45, 2.75) is 6.42 Å². The van der Waals surface area contributed by atoms with Gasteiger partial charge in [0.05, 0.1) is 10.0 Å². The predicted octanol–water partition coefficient (Wildman–Crippen LogP) is 3.34. The molecule has 2 rings (SSSR count). The standard InChI is InChI=1S/C12H12Cl2N2O2/c13-9-5-8(15)6-10(14)11(9)7-1-3-16(4-2-7)12(17)18/h1,5-6H,2-4,15H2,(H,17,18). The SMILES string of the molecule is Nc1cc(Cl)c(C2=CCN(C(=O)O)CC2)c(Cl)c1. The second-order valence-corrected chi connectivity index (χ2v) is 4.88. The van der Waals surface area contributed by atoms with Crippen molar-refractivity contribution < 1.29 is 9.90 Å². The number of nitrogens with zero attached hydrogens (tertiary/aromatic N) is 1. The number of rotatable bonds is 1. The number of benzene rings is 1. The third kappa shape index (κ3) is 2.54. The molecule has 4 nitrogen and oxygen atoms in total. The summed E-state index contributed by atoms with van der Waals surface area (Å²) in [5, 5.41) is 9.86. The minimum atomic E-state index is -0.917. The average Bonchev–Trinajstić information content (AvgIpc) is 2.28. The number of hydrogen-bond acceptors (Lipinski definition) is 2. The van der Waals surface area contributed by atoms with E-state index < -0.39 is 6.09 Å². The van der Waals surface area contributed by atoms with Crippen molar-refractivity contribution in [1.82, 2.24) is 4.90 Å². The van der Waals surface area contributed by atoms with Crippen molar-refractivity contribution in [2.75, 3.05) is 18.8 Å². The third-order valence-electron chi connectivity index (χ3n) is 2.87. The molecule has 0 aliphatic carbocycles. The maximum atomic E-state index is 10.8. The molecule has 1 aromatic carbocycles. The van der Waals surface area contributed by atoms with Crippen LogP contribution in [0.1, 0.15) is 12.0 Å². The van der Waals surface area contributed by atoms with E-state index >= 15 is 0 Å². The lowest BCUT2D eigenvalue weighted by molar-refractivity contribution is 0.150. The first-order valence-corrected chi connectivity index (χ1v) is 6.16. The van der Waals surface area contributed by atoms with Crippen LogP contribution in [0.2, 0.25) is 10.0 Å². The van der Waals surface area contributed by atoms with Crippen molar-refractivity contribution in [3.05, 3.63) is 33.8 Å². The minimum Gasteiger partial charge on any atom is -0.465 e. The summed E-state index contributed by atoms with van der Waals surface area (Å²) in [5.74, 6) is 0. The molecule has 0 fully saturated rings. The molecule has 0 radical (unpaired) electrons. The van der Waals surface area contributed by atoms with Gasteiger partial charge in [-0.1, -0.05) is 29.3 Å². The van der Waals surface area contributed by atoms with E-state index in [2.05, 4.69) is 0 Å². The first-order valence-electron chi connectivity index (χ1n) is 5.41. The third-order valence-corrected chi connectivity index (χ3v) is 3.46. The van der Waals surface area contributed by atoms with Gasteiger partial charge in [-0.3, -0.25) is 0 Å². The molecule has 96 valence electrons. The zero-order valence-electron chi connectivity index (χ0n) is 9.49. The highest BCUT2D eigenvalue weighted by Crippen LogP contribution is 2.36. The highest BCUT2D eigenvalue weighted by Gasteiger charge is 2.19. The number of carboxylic acid groups (broad SMARTS) is 1. The predicted molar refractivity (Wildman–Crippen MR) is 73.1 cm³/mol. The van der Waals surface area contributed by atoms with E-state index in [0.717, 1.165) is 11.1 Å². The zero-order valence-corrected chi connectivity index (χ0v) is 11.0. The van der Waals surface area contributed by atoms with Crippen molar-refractivity contribution in [2.24, 2.45) is 0 Å². The van der Waals surface area contributed by atoms with Gasteiger partial charge < -0.3 is 15.7 Å². The summed E-state index contributed by atoms with van der Waals surface area (Å²) >= 11 is 12.3. The molecule has 0 spiro atoms. The number of nitrogens with two attached hydrogens (primary N) is 1. The molecule has 0 bridgehead atoms. The highest BCUT2D eigenvalue weighted by molar-refractivity contribution is 6.38. The molecule has 6 heteroatoms. The van der Waals surface area contributed by atoms with Crippen molar-refractivity contribution in [3.63, 3.8) is 0 Å². The maximum Gasteiger partial charge on any atom is 0.407 e. The first kappa shape index (κ1) is 13.1. The van der Waals surface area contributed by atoms with Gasteiger partial charge in [0, 0.05) is 24.3 Å². The van der Waals surface area contributed by atoms with Gasteiger partial charge in [-0.15, -0.1) is 0 Å². The first-order chi connectivity index (χ1) is 8.49. The zero-order chi connectivity index (χ0) is 13.3. The van der Waals surface area contributed by atoms with Gasteiger partial charge in [0.15, 0.2) is 0 Å². The Labute approximate surface area is 115 Å². The smallest absolute Gasteiger partial charge is 0.407 e. The summed E-state index contributed by atoms with van der Waals surface area (Å²) in [7, 11) is 0. The molecule has 0 aromatic heterocycles. The van der Waals surface area contributed by atoms with Crippen LogP contribution in [0.25, 0.3) is 5.57 Å². The molecular weight excluding hydrogens is 275 g/mol. The molecule has 0 saturated carbocycles. The van der Waals surface area contributed by atoms with E-state index in [4.69, 9.17) is 34.0 Å². The molecule has 0 unspecified atom stereocenters. The monoisotopic (exact) mass is 286 g/mol. The molecular formula is C12H12Cl2N2O2. The molecule has 1 heterocycles. The van der Waals surface area contributed by atoms with E-state index in [0.29, 0.717) is 35.2 Å². The summed E-state index contributed by atoms with van der Waals surface area (Å²) in [6, 6.07) is 3.29. The average molecular weight is 287 g/mol. The van der Waals surface area contributed by atoms with Crippen molar-refractivity contribution >= 4 is 40.6 Å². The number of hydrogen-bond donors (Lipinski definition) is 2. The molecule has 1 aromatic rings. The van der Waals surface area contributed by atoms with Crippen molar-refractivity contribution in [3.8, 4) is 0 Å². The number of amides is 1. The number of anilines is 1. The number of nitrogen functional groups attached to an aromatic ring is 1. The normalized spacial score (nSPS) is 15.4. The van der Waals surface area contributed by atoms with Gasteiger partial charge >= 0.3 is 6.09 Å². The molecule has 18 heavy (non-hydrogen) atoms. The maximum absolute atomic E-state index is 10.8. The van der Waals surface area contributed by atoms with E-state index in [1.54, 1.807) is 12.1 Å². The lowest BCUT2D eigenvalue weighted by atomic mass is 9.99. The van der Waals surface area contributed by atoms with Crippen LogP contribution in [0.5, 0.6) is 0 Å². The van der Waals surface area contributed by atoms with Crippen molar-refractivity contribution in [1.29, 1.82) is 0 Å². The molecule has 1 aliphatic rings. The van der Waals surface area contributed by atoms with E-state index in [1.165, 1.54) is 4.90 Å². The number of carbonyl (C=O) groups is 1. The fourth-order valence-corrected chi connectivity index (χ4v) is 2.72. The molecule has 3 N–H and O–H groups in total. The van der Waals surface area contributed by atoms with Crippen LogP contribution in [-0.4, -0.2) is 29.2 Å². The Balaban J connectivity index is 2.32. The van der Waals surface area contributed by atoms with Crippen LogP contribution >= 0.6 is 23.2 Å². The summed E-state index contributed by atoms with van der Waals surface area (Å²) < 4.78 is 0. The van der Waals surface area contributed by atoms with Crippen LogP contribution in [0.4, 0.5) is 10.5 Å². The summed E-state index contributed by atoms with van der Waals surface area (Å²) in [6.07, 6.45) is 1.51. The molecule has 1 aliphatic heterocycles. The highest BCUT2D eigenvalue weighted by atomic mass is 35.5. The second kappa shape index (κ2) is 5.08. The van der Waals surface area contributed by atoms with E-state index in [1.807, 2.05) is 6.08 Å². The van der Waals surface area contributed by atoms with Gasteiger partial charge in [0.2, 0.25) is 0 Å². The Morgan fingerprint density at radius 3 is 2.39 bits per heavy atom. The van der Waals surface area contributed by atoms with Crippen LogP contribution in [0.15, 0.2) is 18.2 Å². The topological polar surface area (TPSA) is 66.6 Å². The Morgan fingerprint density at radius 2 is 1.94 bits per heavy atom. The molecule has 0 saturated heterocycles. The fourth-order valence-electron chi connectivity index (χ4n) is 1.97. The van der Waals surface area contributed by atoms with Gasteiger partial charge in [-0.25, -0.2) is 4.79 Å². The summed E-state index contributed by atoms with van der Waals surface area (Å²) in [6.45, 7) is 0.792. The van der Waals surface area contributed by atoms with Gasteiger partial charge in [0.1, 0.15) is 0 Å². The Bertz CT molecular complexity index is 506. The Kier molecular flexibility index (Phi) is 3.68. The Hall–Kier alpha value is -1.39. The number of halogens is 2. The van der Waals surface area contributed by atoms with Gasteiger partial charge in [-0.05, 0) is 24.1 Å². The molecule has 1 amide bonds. The fraction of sp³-hybridized carbons (Fsp3) is 0.250. The van der Waals surface area contributed by atoms with E-state index in [9.17, 15) is 4.79 Å². The van der Waals surface area contributed by atoms with Crippen LogP contribution in [0, 0.1) is 0 Å². The second-order valence-electron chi connectivity index (χ2n) is 4.07. The van der Waals surface area contributed by atoms with E-state index in [-0.39, 0.29) is 0 Å². The van der Waals surface area contributed by atoms with Gasteiger partial charge in [-0.2, -0.15) is 0 Å². The minimum absolute atomic E-state index is 0.349. The summed E-state index contributed by atoms with van der Waals surface area (Å²) in [4.78, 5) is 12.1. The summed E-state index contributed by atoms with van der Waals surface area (Å²) in [5.41, 5.74) is 7.87. The van der Waals surface area contributed by atoms with Gasteiger partial charge in [0.25, 0.3) is 0 Å². The largest absolute Gasteiger partial charge is 0.465 e. The van der Waals surface area contributed by atoms with Crippen LogP contribution in [-0.2, 0) is 0 Å². The Morgan fingerprint density at radius 1 is 1.33 bits per heavy atom.